The fourth-order valence-corrected chi connectivity index (χ4v) is 3.03. The summed E-state index contributed by atoms with van der Waals surface area (Å²) in [6.45, 7) is 6.20. The van der Waals surface area contributed by atoms with Gasteiger partial charge in [0.2, 0.25) is 0 Å². The van der Waals surface area contributed by atoms with E-state index in [1.165, 1.54) is 13.8 Å². The largest absolute Gasteiger partial charge is 0.402 e. The summed E-state index contributed by atoms with van der Waals surface area (Å²) in [6.07, 6.45) is -0.266. The molecule has 0 aromatic rings. The molecule has 0 bridgehead atoms. The zero-order valence-electron chi connectivity index (χ0n) is 11.9. The lowest BCUT2D eigenvalue weighted by Crippen LogP contribution is -2.35. The first kappa shape index (κ1) is 18.7. The Hall–Kier alpha value is -0.290. The van der Waals surface area contributed by atoms with E-state index in [0.717, 1.165) is 5.57 Å². The van der Waals surface area contributed by atoms with Gasteiger partial charge in [0.05, 0.1) is 13.2 Å². The van der Waals surface area contributed by atoms with Crippen LogP contribution in [0.15, 0.2) is 11.6 Å². The highest BCUT2D eigenvalue weighted by molar-refractivity contribution is 7.55. The van der Waals surface area contributed by atoms with Crippen molar-refractivity contribution in [3.05, 3.63) is 11.6 Å². The first-order chi connectivity index (χ1) is 8.71. The third-order valence-electron chi connectivity index (χ3n) is 2.36. The maximum Gasteiger partial charge on any atom is 0.402 e. The van der Waals surface area contributed by atoms with Gasteiger partial charge in [-0.05, 0) is 40.5 Å². The third-order valence-corrected chi connectivity index (χ3v) is 4.58. The predicted octanol–water partition coefficient (Wildman–Crippen LogP) is 3.95. The summed E-state index contributed by atoms with van der Waals surface area (Å²) in [7, 11) is -4.65. The smallest absolute Gasteiger partial charge is 0.386 e. The van der Waals surface area contributed by atoms with Gasteiger partial charge in [-0.15, -0.1) is 0 Å². The van der Waals surface area contributed by atoms with E-state index >= 15 is 0 Å². The molecular weight excluding hydrogens is 277 g/mol. The summed E-state index contributed by atoms with van der Waals surface area (Å²) in [5, 5.41) is 9.57. The number of aliphatic hydroxyl groups excluding tert-OH is 1. The molecule has 0 amide bonds. The number of alkyl halides is 2. The molecule has 1 atom stereocenters. The van der Waals surface area contributed by atoms with E-state index < -0.39 is 19.4 Å². The number of allylic oxidation sites excluding steroid dienone is 2. The maximum absolute atomic E-state index is 14.0. The van der Waals surface area contributed by atoms with Crippen molar-refractivity contribution in [2.45, 2.75) is 52.3 Å². The van der Waals surface area contributed by atoms with Gasteiger partial charge in [-0.3, -0.25) is 4.57 Å². The Morgan fingerprint density at radius 3 is 2.16 bits per heavy atom. The molecule has 19 heavy (non-hydrogen) atoms. The van der Waals surface area contributed by atoms with Gasteiger partial charge in [-0.25, -0.2) is 0 Å². The monoisotopic (exact) mass is 300 g/mol. The molecule has 0 unspecified atom stereocenters. The first-order valence-corrected chi connectivity index (χ1v) is 7.84. The highest BCUT2D eigenvalue weighted by Crippen LogP contribution is 2.63. The lowest BCUT2D eigenvalue weighted by Gasteiger charge is -2.29. The van der Waals surface area contributed by atoms with Crippen molar-refractivity contribution in [3.63, 3.8) is 0 Å². The molecule has 0 aromatic carbocycles. The minimum Gasteiger partial charge on any atom is -0.386 e. The van der Waals surface area contributed by atoms with E-state index in [4.69, 9.17) is 0 Å². The Kier molecular flexibility index (Phi) is 7.98. The highest BCUT2D eigenvalue weighted by Gasteiger charge is 2.58. The lowest BCUT2D eigenvalue weighted by atomic mass is 10.1. The molecule has 0 heterocycles. The summed E-state index contributed by atoms with van der Waals surface area (Å²) in [4.78, 5) is 0. The molecule has 0 saturated heterocycles. The second kappa shape index (κ2) is 8.10. The van der Waals surface area contributed by atoms with Crippen LogP contribution in [0.4, 0.5) is 8.78 Å². The number of rotatable bonds is 9. The van der Waals surface area contributed by atoms with Crippen molar-refractivity contribution < 1.29 is 27.5 Å². The van der Waals surface area contributed by atoms with Crippen LogP contribution in [0.25, 0.3) is 0 Å². The van der Waals surface area contributed by atoms with Crippen LogP contribution in [0.5, 0.6) is 0 Å². The molecule has 0 saturated carbocycles. The zero-order chi connectivity index (χ0) is 15.1. The van der Waals surface area contributed by atoms with Gasteiger partial charge in [-0.1, -0.05) is 11.6 Å². The summed E-state index contributed by atoms with van der Waals surface area (Å²) in [5.74, 6) is 0. The van der Waals surface area contributed by atoms with Crippen molar-refractivity contribution in [1.82, 2.24) is 0 Å². The van der Waals surface area contributed by atoms with Crippen molar-refractivity contribution in [1.29, 1.82) is 0 Å². The van der Waals surface area contributed by atoms with Gasteiger partial charge in [-0.2, -0.15) is 8.78 Å². The van der Waals surface area contributed by atoms with Crippen LogP contribution in [0.1, 0.15) is 40.5 Å². The summed E-state index contributed by atoms with van der Waals surface area (Å²) < 4.78 is 49.1. The molecule has 0 aliphatic carbocycles. The van der Waals surface area contributed by atoms with Crippen molar-refractivity contribution in [2.24, 2.45) is 0 Å². The molecule has 0 radical (unpaired) electrons. The molecule has 1 N–H and O–H groups in total. The molecule has 0 spiro atoms. The van der Waals surface area contributed by atoms with Crippen LogP contribution in [0.3, 0.4) is 0 Å². The van der Waals surface area contributed by atoms with Gasteiger partial charge in [0.25, 0.3) is 0 Å². The minimum atomic E-state index is -4.65. The first-order valence-electron chi connectivity index (χ1n) is 6.29. The molecular formula is C12H23F2O4P. The van der Waals surface area contributed by atoms with E-state index in [2.05, 4.69) is 9.05 Å². The molecule has 7 heteroatoms. The van der Waals surface area contributed by atoms with Gasteiger partial charge >= 0.3 is 13.3 Å². The van der Waals surface area contributed by atoms with E-state index in [0.29, 0.717) is 0 Å². The second-order valence-electron chi connectivity index (χ2n) is 4.30. The fraction of sp³-hybridized carbons (Fsp3) is 0.833. The van der Waals surface area contributed by atoms with Crippen LogP contribution in [-0.4, -0.2) is 30.1 Å². The standard InChI is InChI=1S/C12H23F2O4P/c1-5-17-19(16,18-6-2)12(13,14)11(15)9-7-8-10(3)4/h8,11,15H,5-7,9H2,1-4H3/t11-/m1/s1. The molecule has 0 aliphatic rings. The molecule has 0 aromatic heterocycles. The quantitative estimate of drug-likeness (QED) is 0.517. The number of aliphatic hydroxyl groups is 1. The van der Waals surface area contributed by atoms with Crippen molar-refractivity contribution >= 4 is 7.60 Å². The topological polar surface area (TPSA) is 55.8 Å². The normalized spacial score (nSPS) is 14.3. The van der Waals surface area contributed by atoms with Crippen LogP contribution in [-0.2, 0) is 13.6 Å². The van der Waals surface area contributed by atoms with Gasteiger partial charge in [0.15, 0.2) is 0 Å². The third kappa shape index (κ3) is 5.30. The minimum absolute atomic E-state index is 0.173. The van der Waals surface area contributed by atoms with Crippen LogP contribution in [0, 0.1) is 0 Å². The Balaban J connectivity index is 4.88. The van der Waals surface area contributed by atoms with E-state index in [9.17, 15) is 18.5 Å². The second-order valence-corrected chi connectivity index (χ2v) is 6.40. The van der Waals surface area contributed by atoms with E-state index in [-0.39, 0.29) is 26.1 Å². The molecule has 0 fully saturated rings. The number of hydrogen-bond acceptors (Lipinski definition) is 4. The SMILES string of the molecule is CCOP(=O)(OCC)C(F)(F)[C@H](O)CCC=C(C)C. The van der Waals surface area contributed by atoms with Crippen molar-refractivity contribution in [3.8, 4) is 0 Å². The fourth-order valence-electron chi connectivity index (χ4n) is 1.44. The Morgan fingerprint density at radius 1 is 1.32 bits per heavy atom. The van der Waals surface area contributed by atoms with E-state index in [1.807, 2.05) is 13.8 Å². The molecule has 114 valence electrons. The Morgan fingerprint density at radius 2 is 1.79 bits per heavy atom. The molecule has 0 rings (SSSR count). The maximum atomic E-state index is 14.0. The summed E-state index contributed by atoms with van der Waals surface area (Å²) in [6, 6.07) is 0. The summed E-state index contributed by atoms with van der Waals surface area (Å²) >= 11 is 0. The van der Waals surface area contributed by atoms with Gasteiger partial charge in [0.1, 0.15) is 6.10 Å². The summed E-state index contributed by atoms with van der Waals surface area (Å²) in [5.41, 5.74) is -2.94. The van der Waals surface area contributed by atoms with Crippen molar-refractivity contribution in [2.75, 3.05) is 13.2 Å². The van der Waals surface area contributed by atoms with Crippen LogP contribution in [0.2, 0.25) is 0 Å². The van der Waals surface area contributed by atoms with Crippen LogP contribution >= 0.6 is 7.60 Å². The lowest BCUT2D eigenvalue weighted by molar-refractivity contribution is -0.0681. The van der Waals surface area contributed by atoms with Gasteiger partial charge < -0.3 is 14.2 Å². The molecule has 0 aliphatic heterocycles. The van der Waals surface area contributed by atoms with E-state index in [1.54, 1.807) is 6.08 Å². The molecule has 4 nitrogen and oxygen atoms in total. The highest BCUT2D eigenvalue weighted by atomic mass is 31.2. The predicted molar refractivity (Wildman–Crippen MR) is 70.5 cm³/mol. The number of halogens is 2. The average molecular weight is 300 g/mol. The average Bonchev–Trinajstić information content (AvgIpc) is 2.28. The Bertz CT molecular complexity index is 331. The zero-order valence-corrected chi connectivity index (χ0v) is 12.8. The number of hydrogen-bond donors (Lipinski definition) is 1. The van der Waals surface area contributed by atoms with Gasteiger partial charge in [0, 0.05) is 0 Å². The van der Waals surface area contributed by atoms with Crippen LogP contribution < -0.4 is 0 Å². The Labute approximate surface area is 113 Å².